The predicted octanol–water partition coefficient (Wildman–Crippen LogP) is 2.25. The standard InChI is InChI=1S/C11H14ClNO4S/c1-8-4-5-9(12)10(7-8)13-18(16,17)6-2-3-11(14)15/h4-5,7,13H,2-3,6H2,1H3,(H,14,15). The molecule has 0 aromatic heterocycles. The number of carbonyl (C=O) groups is 1. The number of carboxylic acids is 1. The second kappa shape index (κ2) is 6.06. The molecule has 0 amide bonds. The van der Waals surface area contributed by atoms with Crippen LogP contribution in [0.2, 0.25) is 5.02 Å². The molecule has 0 unspecified atom stereocenters. The van der Waals surface area contributed by atoms with Crippen molar-refractivity contribution in [2.75, 3.05) is 10.5 Å². The molecule has 5 nitrogen and oxygen atoms in total. The molecule has 0 atom stereocenters. The molecule has 0 saturated carbocycles. The second-order valence-corrected chi connectivity index (χ2v) is 6.15. The number of aliphatic carboxylic acids is 1. The van der Waals surface area contributed by atoms with Crippen molar-refractivity contribution in [1.82, 2.24) is 0 Å². The molecule has 100 valence electrons. The molecular formula is C11H14ClNO4S. The third-order valence-corrected chi connectivity index (χ3v) is 3.88. The number of nitrogens with one attached hydrogen (secondary N) is 1. The number of aryl methyl sites for hydroxylation is 1. The average molecular weight is 292 g/mol. The highest BCUT2D eigenvalue weighted by molar-refractivity contribution is 7.92. The summed E-state index contributed by atoms with van der Waals surface area (Å²) in [6.07, 6.45) is -0.115. The summed E-state index contributed by atoms with van der Waals surface area (Å²) in [4.78, 5) is 10.3. The third-order valence-electron chi connectivity index (χ3n) is 2.19. The highest BCUT2D eigenvalue weighted by Gasteiger charge is 2.13. The van der Waals surface area contributed by atoms with E-state index in [1.165, 1.54) is 0 Å². The number of rotatable bonds is 6. The van der Waals surface area contributed by atoms with E-state index < -0.39 is 16.0 Å². The Balaban J connectivity index is 2.70. The molecule has 0 bridgehead atoms. The summed E-state index contributed by atoms with van der Waals surface area (Å²) in [7, 11) is -3.57. The van der Waals surface area contributed by atoms with E-state index in [0.717, 1.165) is 5.56 Å². The first-order chi connectivity index (χ1) is 8.30. The molecule has 0 saturated heterocycles. The van der Waals surface area contributed by atoms with Gasteiger partial charge < -0.3 is 5.11 Å². The third kappa shape index (κ3) is 4.93. The van der Waals surface area contributed by atoms with E-state index in [1.54, 1.807) is 18.2 Å². The molecule has 0 heterocycles. The Labute approximate surface area is 111 Å². The lowest BCUT2D eigenvalue weighted by Gasteiger charge is -2.09. The largest absolute Gasteiger partial charge is 0.481 e. The van der Waals surface area contributed by atoms with Crippen LogP contribution in [0.1, 0.15) is 18.4 Å². The van der Waals surface area contributed by atoms with Gasteiger partial charge in [-0.3, -0.25) is 9.52 Å². The fraction of sp³-hybridized carbons (Fsp3) is 0.364. The zero-order valence-corrected chi connectivity index (χ0v) is 11.4. The molecule has 7 heteroatoms. The van der Waals surface area contributed by atoms with Gasteiger partial charge in [-0.2, -0.15) is 0 Å². The van der Waals surface area contributed by atoms with Crippen LogP contribution < -0.4 is 4.72 Å². The van der Waals surface area contributed by atoms with Crippen LogP contribution >= 0.6 is 11.6 Å². The van der Waals surface area contributed by atoms with Gasteiger partial charge in [0, 0.05) is 6.42 Å². The van der Waals surface area contributed by atoms with E-state index in [9.17, 15) is 13.2 Å². The van der Waals surface area contributed by atoms with Crippen LogP contribution in [0.3, 0.4) is 0 Å². The van der Waals surface area contributed by atoms with E-state index in [4.69, 9.17) is 16.7 Å². The molecular weight excluding hydrogens is 278 g/mol. The van der Waals surface area contributed by atoms with Crippen LogP contribution in [0.5, 0.6) is 0 Å². The minimum absolute atomic E-state index is 0.0636. The zero-order valence-electron chi connectivity index (χ0n) is 9.81. The van der Waals surface area contributed by atoms with Crippen LogP contribution in [-0.2, 0) is 14.8 Å². The van der Waals surface area contributed by atoms with Crippen LogP contribution in [0.4, 0.5) is 5.69 Å². The van der Waals surface area contributed by atoms with Crippen molar-refractivity contribution in [3.8, 4) is 0 Å². The minimum atomic E-state index is -3.57. The molecule has 0 fully saturated rings. The van der Waals surface area contributed by atoms with Crippen LogP contribution in [-0.4, -0.2) is 25.2 Å². The van der Waals surface area contributed by atoms with Crippen molar-refractivity contribution in [2.24, 2.45) is 0 Å². The van der Waals surface area contributed by atoms with Crippen molar-refractivity contribution in [2.45, 2.75) is 19.8 Å². The van der Waals surface area contributed by atoms with E-state index in [-0.39, 0.29) is 18.6 Å². The number of carboxylic acid groups (broad SMARTS) is 1. The van der Waals surface area contributed by atoms with E-state index in [0.29, 0.717) is 10.7 Å². The lowest BCUT2D eigenvalue weighted by molar-refractivity contribution is -0.137. The lowest BCUT2D eigenvalue weighted by atomic mass is 10.2. The maximum atomic E-state index is 11.7. The summed E-state index contributed by atoms with van der Waals surface area (Å²) in [6.45, 7) is 1.82. The molecule has 2 N–H and O–H groups in total. The fourth-order valence-electron chi connectivity index (χ4n) is 1.35. The van der Waals surface area contributed by atoms with E-state index >= 15 is 0 Å². The lowest BCUT2D eigenvalue weighted by Crippen LogP contribution is -2.17. The zero-order chi connectivity index (χ0) is 13.8. The quantitative estimate of drug-likeness (QED) is 0.842. The molecule has 0 aliphatic heterocycles. The molecule has 0 spiro atoms. The Bertz CT molecular complexity index is 542. The summed E-state index contributed by atoms with van der Waals surface area (Å²) in [6, 6.07) is 4.99. The first-order valence-corrected chi connectivity index (χ1v) is 7.31. The summed E-state index contributed by atoms with van der Waals surface area (Å²) in [5, 5.41) is 8.75. The van der Waals surface area contributed by atoms with Crippen LogP contribution in [0.15, 0.2) is 18.2 Å². The summed E-state index contributed by atoms with van der Waals surface area (Å²) < 4.78 is 25.7. The van der Waals surface area contributed by atoms with Gasteiger partial charge in [0.15, 0.2) is 0 Å². The predicted molar refractivity (Wildman–Crippen MR) is 70.5 cm³/mol. The number of sulfonamides is 1. The maximum Gasteiger partial charge on any atom is 0.303 e. The van der Waals surface area contributed by atoms with Gasteiger partial charge in [0.2, 0.25) is 10.0 Å². The van der Waals surface area contributed by atoms with E-state index in [1.807, 2.05) is 6.92 Å². The molecule has 1 aromatic rings. The minimum Gasteiger partial charge on any atom is -0.481 e. The highest BCUT2D eigenvalue weighted by Crippen LogP contribution is 2.23. The normalized spacial score (nSPS) is 11.2. The van der Waals surface area contributed by atoms with Gasteiger partial charge in [-0.1, -0.05) is 17.7 Å². The number of halogens is 1. The summed E-state index contributed by atoms with van der Waals surface area (Å²) in [5.41, 5.74) is 1.19. The smallest absolute Gasteiger partial charge is 0.303 e. The van der Waals surface area contributed by atoms with Gasteiger partial charge in [0.1, 0.15) is 0 Å². The van der Waals surface area contributed by atoms with Gasteiger partial charge >= 0.3 is 5.97 Å². The Kier molecular flexibility index (Phi) is 4.98. The first-order valence-electron chi connectivity index (χ1n) is 5.28. The van der Waals surface area contributed by atoms with Gasteiger partial charge in [0.05, 0.1) is 16.5 Å². The SMILES string of the molecule is Cc1ccc(Cl)c(NS(=O)(=O)CCCC(=O)O)c1. The molecule has 1 aromatic carbocycles. The van der Waals surface area contributed by atoms with Crippen molar-refractivity contribution >= 4 is 33.3 Å². The van der Waals surface area contributed by atoms with Crippen molar-refractivity contribution in [1.29, 1.82) is 0 Å². The van der Waals surface area contributed by atoms with Gasteiger partial charge in [-0.15, -0.1) is 0 Å². The monoisotopic (exact) mass is 291 g/mol. The Morgan fingerprint density at radius 3 is 2.72 bits per heavy atom. The molecule has 1 rings (SSSR count). The van der Waals surface area contributed by atoms with Crippen LogP contribution in [0, 0.1) is 6.92 Å². The summed E-state index contributed by atoms with van der Waals surface area (Å²) in [5.74, 6) is -1.26. The van der Waals surface area contributed by atoms with Crippen molar-refractivity contribution in [3.05, 3.63) is 28.8 Å². The average Bonchev–Trinajstić information content (AvgIpc) is 2.22. The first kappa shape index (κ1) is 14.8. The topological polar surface area (TPSA) is 83.5 Å². The maximum absolute atomic E-state index is 11.7. The Morgan fingerprint density at radius 2 is 2.11 bits per heavy atom. The number of hydrogen-bond donors (Lipinski definition) is 2. The molecule has 0 radical (unpaired) electrons. The van der Waals surface area contributed by atoms with Crippen molar-refractivity contribution in [3.63, 3.8) is 0 Å². The fourth-order valence-corrected chi connectivity index (χ4v) is 2.70. The highest BCUT2D eigenvalue weighted by atomic mass is 35.5. The Hall–Kier alpha value is -1.27. The number of hydrogen-bond acceptors (Lipinski definition) is 3. The summed E-state index contributed by atoms with van der Waals surface area (Å²) >= 11 is 5.87. The van der Waals surface area contributed by atoms with E-state index in [2.05, 4.69) is 4.72 Å². The van der Waals surface area contributed by atoms with Crippen LogP contribution in [0.25, 0.3) is 0 Å². The molecule has 18 heavy (non-hydrogen) atoms. The van der Waals surface area contributed by atoms with Gasteiger partial charge in [-0.05, 0) is 31.0 Å². The number of anilines is 1. The Morgan fingerprint density at radius 1 is 1.44 bits per heavy atom. The second-order valence-electron chi connectivity index (χ2n) is 3.90. The van der Waals surface area contributed by atoms with Gasteiger partial charge in [0.25, 0.3) is 0 Å². The molecule has 0 aliphatic rings. The number of benzene rings is 1. The van der Waals surface area contributed by atoms with Crippen molar-refractivity contribution < 1.29 is 18.3 Å². The van der Waals surface area contributed by atoms with Gasteiger partial charge in [-0.25, -0.2) is 8.42 Å². The molecule has 0 aliphatic carbocycles.